The molecule has 5 heteroatoms. The first-order chi connectivity index (χ1) is 7.50. The van der Waals surface area contributed by atoms with E-state index in [-0.39, 0.29) is 18.2 Å². The smallest absolute Gasteiger partial charge is 0.305 e. The predicted molar refractivity (Wildman–Crippen MR) is 60.1 cm³/mol. The monoisotopic (exact) mass is 228 g/mol. The zero-order valence-electron chi connectivity index (χ0n) is 9.98. The van der Waals surface area contributed by atoms with E-state index in [4.69, 9.17) is 5.11 Å². The van der Waals surface area contributed by atoms with Gasteiger partial charge >= 0.3 is 5.97 Å². The van der Waals surface area contributed by atoms with Crippen molar-refractivity contribution in [1.29, 1.82) is 0 Å². The highest BCUT2D eigenvalue weighted by molar-refractivity contribution is 5.79. The molecule has 1 saturated heterocycles. The van der Waals surface area contributed by atoms with Crippen LogP contribution in [-0.2, 0) is 9.59 Å². The summed E-state index contributed by atoms with van der Waals surface area (Å²) >= 11 is 0. The van der Waals surface area contributed by atoms with E-state index < -0.39 is 5.97 Å². The van der Waals surface area contributed by atoms with Crippen LogP contribution in [0.2, 0.25) is 0 Å². The first kappa shape index (κ1) is 13.0. The molecule has 0 aliphatic carbocycles. The molecule has 0 aromatic rings. The van der Waals surface area contributed by atoms with Crippen LogP contribution < -0.4 is 0 Å². The van der Waals surface area contributed by atoms with Crippen molar-refractivity contribution in [2.75, 3.05) is 33.7 Å². The van der Waals surface area contributed by atoms with E-state index in [0.717, 1.165) is 25.9 Å². The average Bonchev–Trinajstić information content (AvgIpc) is 2.26. The van der Waals surface area contributed by atoms with Gasteiger partial charge in [-0.25, -0.2) is 0 Å². The molecule has 0 aromatic heterocycles. The highest BCUT2D eigenvalue weighted by Gasteiger charge is 2.25. The van der Waals surface area contributed by atoms with Crippen molar-refractivity contribution in [2.45, 2.75) is 19.3 Å². The fourth-order valence-electron chi connectivity index (χ4n) is 1.94. The van der Waals surface area contributed by atoms with Crippen LogP contribution in [0.5, 0.6) is 0 Å². The van der Waals surface area contributed by atoms with Crippen molar-refractivity contribution < 1.29 is 14.7 Å². The standard InChI is InChI=1S/C11H20N2O3/c1-12-6-3-9(4-7-12)11(16)13(2)8-5-10(14)15/h9H,3-8H2,1-2H3,(H,14,15). The lowest BCUT2D eigenvalue weighted by molar-refractivity contribution is -0.139. The maximum absolute atomic E-state index is 11.9. The summed E-state index contributed by atoms with van der Waals surface area (Å²) in [6.45, 7) is 2.20. The van der Waals surface area contributed by atoms with Gasteiger partial charge in [0.05, 0.1) is 6.42 Å². The van der Waals surface area contributed by atoms with Gasteiger partial charge in [0, 0.05) is 19.5 Å². The van der Waals surface area contributed by atoms with Crippen molar-refractivity contribution in [3.63, 3.8) is 0 Å². The molecule has 5 nitrogen and oxygen atoms in total. The van der Waals surface area contributed by atoms with Crippen LogP contribution in [0.4, 0.5) is 0 Å². The van der Waals surface area contributed by atoms with Crippen LogP contribution in [0.1, 0.15) is 19.3 Å². The molecule has 16 heavy (non-hydrogen) atoms. The number of rotatable bonds is 4. The Bertz CT molecular complexity index is 260. The van der Waals surface area contributed by atoms with Crippen LogP contribution in [0.25, 0.3) is 0 Å². The van der Waals surface area contributed by atoms with Crippen LogP contribution in [-0.4, -0.2) is 60.5 Å². The molecule has 1 amide bonds. The van der Waals surface area contributed by atoms with Gasteiger partial charge in [0.1, 0.15) is 0 Å². The number of carboxylic acid groups (broad SMARTS) is 1. The van der Waals surface area contributed by atoms with Crippen LogP contribution >= 0.6 is 0 Å². The van der Waals surface area contributed by atoms with Gasteiger partial charge in [0.15, 0.2) is 0 Å². The molecule has 1 N–H and O–H groups in total. The first-order valence-corrected chi connectivity index (χ1v) is 5.66. The van der Waals surface area contributed by atoms with E-state index in [0.29, 0.717) is 6.54 Å². The molecule has 0 spiro atoms. The Kier molecular flexibility index (Phi) is 4.73. The van der Waals surface area contributed by atoms with E-state index >= 15 is 0 Å². The summed E-state index contributed by atoms with van der Waals surface area (Å²) in [5.74, 6) is -0.688. The van der Waals surface area contributed by atoms with Crippen molar-refractivity contribution in [3.05, 3.63) is 0 Å². The van der Waals surface area contributed by atoms with Gasteiger partial charge in [-0.3, -0.25) is 9.59 Å². The summed E-state index contributed by atoms with van der Waals surface area (Å²) in [5.41, 5.74) is 0. The number of hydrogen-bond acceptors (Lipinski definition) is 3. The topological polar surface area (TPSA) is 60.9 Å². The van der Waals surface area contributed by atoms with Crippen molar-refractivity contribution >= 4 is 11.9 Å². The van der Waals surface area contributed by atoms with E-state index in [1.165, 1.54) is 0 Å². The zero-order valence-corrected chi connectivity index (χ0v) is 9.98. The van der Waals surface area contributed by atoms with Gasteiger partial charge in [0.2, 0.25) is 5.91 Å². The number of hydrogen-bond donors (Lipinski definition) is 1. The molecule has 0 radical (unpaired) electrons. The molecule has 1 aliphatic heterocycles. The number of carbonyl (C=O) groups is 2. The minimum absolute atomic E-state index is 0.0227. The Hall–Kier alpha value is -1.10. The maximum Gasteiger partial charge on any atom is 0.305 e. The SMILES string of the molecule is CN1CCC(C(=O)N(C)CCC(=O)O)CC1. The minimum atomic E-state index is -0.858. The highest BCUT2D eigenvalue weighted by atomic mass is 16.4. The highest BCUT2D eigenvalue weighted by Crippen LogP contribution is 2.18. The summed E-state index contributed by atoms with van der Waals surface area (Å²) in [6.07, 6.45) is 1.79. The Labute approximate surface area is 96.0 Å². The van der Waals surface area contributed by atoms with E-state index in [2.05, 4.69) is 11.9 Å². The fraction of sp³-hybridized carbons (Fsp3) is 0.818. The fourth-order valence-corrected chi connectivity index (χ4v) is 1.94. The Balaban J connectivity index is 2.35. The van der Waals surface area contributed by atoms with E-state index in [1.807, 2.05) is 0 Å². The van der Waals surface area contributed by atoms with Crippen molar-refractivity contribution in [3.8, 4) is 0 Å². The largest absolute Gasteiger partial charge is 0.481 e. The summed E-state index contributed by atoms with van der Waals surface area (Å²) in [6, 6.07) is 0. The van der Waals surface area contributed by atoms with E-state index in [9.17, 15) is 9.59 Å². The third-order valence-electron chi connectivity index (χ3n) is 3.11. The van der Waals surface area contributed by atoms with Crippen molar-refractivity contribution in [1.82, 2.24) is 9.80 Å². The first-order valence-electron chi connectivity index (χ1n) is 5.66. The van der Waals surface area contributed by atoms with Gasteiger partial charge in [-0.05, 0) is 33.0 Å². The normalized spacial score (nSPS) is 18.4. The van der Waals surface area contributed by atoms with Gasteiger partial charge in [-0.15, -0.1) is 0 Å². The Morgan fingerprint density at radius 1 is 1.38 bits per heavy atom. The van der Waals surface area contributed by atoms with Crippen LogP contribution in [0.3, 0.4) is 0 Å². The molecule has 0 bridgehead atoms. The molecular formula is C11H20N2O3. The summed E-state index contributed by atoms with van der Waals surface area (Å²) in [4.78, 5) is 26.1. The molecule has 1 heterocycles. The lowest BCUT2D eigenvalue weighted by Gasteiger charge is -2.30. The molecular weight excluding hydrogens is 208 g/mol. The lowest BCUT2D eigenvalue weighted by Crippen LogP contribution is -2.40. The van der Waals surface area contributed by atoms with Gasteiger partial charge < -0.3 is 14.9 Å². The molecule has 0 saturated carbocycles. The molecule has 1 fully saturated rings. The molecule has 92 valence electrons. The number of carboxylic acids is 1. The number of likely N-dealkylation sites (tertiary alicyclic amines) is 1. The second kappa shape index (κ2) is 5.84. The third-order valence-corrected chi connectivity index (χ3v) is 3.11. The number of aliphatic carboxylic acids is 1. The molecule has 1 rings (SSSR count). The predicted octanol–water partition coefficient (Wildman–Crippen LogP) is 0.261. The Morgan fingerprint density at radius 3 is 2.44 bits per heavy atom. The summed E-state index contributed by atoms with van der Waals surface area (Å²) in [7, 11) is 3.73. The average molecular weight is 228 g/mol. The van der Waals surface area contributed by atoms with Gasteiger partial charge in [-0.1, -0.05) is 0 Å². The maximum atomic E-state index is 11.9. The molecule has 0 unspecified atom stereocenters. The number of nitrogens with zero attached hydrogens (tertiary/aromatic N) is 2. The third kappa shape index (κ3) is 3.81. The molecule has 1 aliphatic rings. The van der Waals surface area contributed by atoms with Crippen molar-refractivity contribution in [2.24, 2.45) is 5.92 Å². The zero-order chi connectivity index (χ0) is 12.1. The number of carbonyl (C=O) groups excluding carboxylic acids is 1. The van der Waals surface area contributed by atoms with E-state index in [1.54, 1.807) is 11.9 Å². The summed E-state index contributed by atoms with van der Waals surface area (Å²) in [5, 5.41) is 8.54. The quantitative estimate of drug-likeness (QED) is 0.750. The van der Waals surface area contributed by atoms with Gasteiger partial charge in [0.25, 0.3) is 0 Å². The Morgan fingerprint density at radius 2 is 1.94 bits per heavy atom. The number of piperidine rings is 1. The lowest BCUT2D eigenvalue weighted by atomic mass is 9.96. The molecule has 0 aromatic carbocycles. The number of amides is 1. The van der Waals surface area contributed by atoms with Crippen LogP contribution in [0.15, 0.2) is 0 Å². The van der Waals surface area contributed by atoms with Crippen LogP contribution in [0, 0.1) is 5.92 Å². The second-order valence-corrected chi connectivity index (χ2v) is 4.48. The summed E-state index contributed by atoms with van der Waals surface area (Å²) < 4.78 is 0. The molecule has 0 atom stereocenters. The van der Waals surface area contributed by atoms with Gasteiger partial charge in [-0.2, -0.15) is 0 Å². The minimum Gasteiger partial charge on any atom is -0.481 e. The second-order valence-electron chi connectivity index (χ2n) is 4.48.